The van der Waals surface area contributed by atoms with Gasteiger partial charge in [-0.15, -0.1) is 0 Å². The van der Waals surface area contributed by atoms with Crippen molar-refractivity contribution in [3.8, 4) is 11.5 Å². The van der Waals surface area contributed by atoms with Gasteiger partial charge in [-0.3, -0.25) is 4.79 Å². The van der Waals surface area contributed by atoms with Crippen molar-refractivity contribution in [3.63, 3.8) is 0 Å². The third-order valence-corrected chi connectivity index (χ3v) is 6.05. The maximum absolute atomic E-state index is 12.6. The summed E-state index contributed by atoms with van der Waals surface area (Å²) in [6, 6.07) is 5.23. The van der Waals surface area contributed by atoms with E-state index >= 15 is 0 Å². The van der Waals surface area contributed by atoms with Crippen molar-refractivity contribution < 1.29 is 19.4 Å². The number of piperidine rings is 1. The Morgan fingerprint density at radius 3 is 2.57 bits per heavy atom. The Morgan fingerprint density at radius 2 is 1.80 bits per heavy atom. The van der Waals surface area contributed by atoms with Crippen LogP contribution in [0.25, 0.3) is 0 Å². The molecular formula is C24H38N2O4. The van der Waals surface area contributed by atoms with Gasteiger partial charge in [-0.05, 0) is 50.0 Å². The topological polar surface area (TPSA) is 71.0 Å². The van der Waals surface area contributed by atoms with E-state index in [1.165, 1.54) is 38.5 Å². The quantitative estimate of drug-likeness (QED) is 0.535. The molecule has 1 aromatic rings. The summed E-state index contributed by atoms with van der Waals surface area (Å²) in [5.41, 5.74) is 0.754. The number of ether oxygens (including phenoxy) is 2. The molecule has 30 heavy (non-hydrogen) atoms. The lowest BCUT2D eigenvalue weighted by Crippen LogP contribution is -2.48. The zero-order valence-corrected chi connectivity index (χ0v) is 18.4. The van der Waals surface area contributed by atoms with Crippen molar-refractivity contribution in [2.45, 2.75) is 76.9 Å². The molecule has 2 aliphatic rings. The van der Waals surface area contributed by atoms with E-state index in [0.717, 1.165) is 31.5 Å². The highest BCUT2D eigenvalue weighted by atomic mass is 16.6. The lowest BCUT2D eigenvalue weighted by Gasteiger charge is -2.33. The molecule has 3 rings (SSSR count). The molecule has 2 N–H and O–H groups in total. The average Bonchev–Trinajstić information content (AvgIpc) is 2.78. The molecule has 2 atom stereocenters. The van der Waals surface area contributed by atoms with Gasteiger partial charge in [-0.1, -0.05) is 45.1 Å². The monoisotopic (exact) mass is 418 g/mol. The fourth-order valence-corrected chi connectivity index (χ4v) is 4.29. The first-order valence-electron chi connectivity index (χ1n) is 11.8. The van der Waals surface area contributed by atoms with Gasteiger partial charge in [0, 0.05) is 13.0 Å². The number of carbonyl (C=O) groups is 1. The standard InChI is InChI=1S/C24H38N2O4/c1-2-3-4-5-7-10-23(27)25-20(18-26-13-8-6-9-14-26)24(28)19-11-12-21-22(17-19)30-16-15-29-21/h11-12,17,20,24,28H,2-10,13-16,18H2,1H3,(H,25,27). The van der Waals surface area contributed by atoms with Crippen molar-refractivity contribution in [3.05, 3.63) is 23.8 Å². The smallest absolute Gasteiger partial charge is 0.220 e. The SMILES string of the molecule is CCCCCCCC(=O)NC(CN1CCCCC1)C(O)c1ccc2c(c1)OCCO2. The minimum Gasteiger partial charge on any atom is -0.486 e. The third-order valence-electron chi connectivity index (χ3n) is 6.05. The summed E-state index contributed by atoms with van der Waals surface area (Å²) in [7, 11) is 0. The molecule has 2 aliphatic heterocycles. The van der Waals surface area contributed by atoms with E-state index in [1.807, 2.05) is 18.2 Å². The van der Waals surface area contributed by atoms with Crippen molar-refractivity contribution in [1.29, 1.82) is 0 Å². The number of nitrogens with zero attached hydrogens (tertiary/aromatic N) is 1. The summed E-state index contributed by atoms with van der Waals surface area (Å²) in [5, 5.41) is 14.3. The maximum Gasteiger partial charge on any atom is 0.220 e. The number of fused-ring (bicyclic) bond motifs is 1. The predicted molar refractivity (Wildman–Crippen MR) is 118 cm³/mol. The number of benzene rings is 1. The minimum atomic E-state index is -0.785. The van der Waals surface area contributed by atoms with Gasteiger partial charge in [0.25, 0.3) is 0 Å². The second-order valence-corrected chi connectivity index (χ2v) is 8.55. The van der Waals surface area contributed by atoms with Crippen molar-refractivity contribution in [1.82, 2.24) is 10.2 Å². The third kappa shape index (κ3) is 6.88. The van der Waals surface area contributed by atoms with Crippen LogP contribution in [0, 0.1) is 0 Å². The van der Waals surface area contributed by atoms with Gasteiger partial charge < -0.3 is 24.8 Å². The number of aliphatic hydroxyl groups is 1. The van der Waals surface area contributed by atoms with Crippen molar-refractivity contribution >= 4 is 5.91 Å². The molecule has 0 radical (unpaired) electrons. The minimum absolute atomic E-state index is 0.0325. The van der Waals surface area contributed by atoms with Crippen LogP contribution in [0.3, 0.4) is 0 Å². The Morgan fingerprint density at radius 1 is 1.07 bits per heavy atom. The highest BCUT2D eigenvalue weighted by Gasteiger charge is 2.27. The highest BCUT2D eigenvalue weighted by Crippen LogP contribution is 2.33. The zero-order chi connectivity index (χ0) is 21.2. The van der Waals surface area contributed by atoms with Crippen LogP contribution < -0.4 is 14.8 Å². The number of hydrogen-bond donors (Lipinski definition) is 2. The molecule has 1 saturated heterocycles. The molecule has 0 aliphatic carbocycles. The summed E-state index contributed by atoms with van der Waals surface area (Å²) in [6.07, 6.45) is 8.95. The molecule has 1 amide bonds. The van der Waals surface area contributed by atoms with E-state index in [-0.39, 0.29) is 11.9 Å². The van der Waals surface area contributed by atoms with E-state index in [0.29, 0.717) is 37.7 Å². The summed E-state index contributed by atoms with van der Waals surface area (Å²) in [4.78, 5) is 15.0. The van der Waals surface area contributed by atoms with Crippen LogP contribution in [-0.2, 0) is 4.79 Å². The van der Waals surface area contributed by atoms with Crippen LogP contribution in [0.5, 0.6) is 11.5 Å². The first kappa shape index (κ1) is 22.9. The highest BCUT2D eigenvalue weighted by molar-refractivity contribution is 5.76. The predicted octanol–water partition coefficient (Wildman–Crippen LogP) is 3.82. The Balaban J connectivity index is 1.62. The molecule has 168 valence electrons. The number of unbranched alkanes of at least 4 members (excludes halogenated alkanes) is 4. The molecule has 1 fully saturated rings. The molecule has 6 heteroatoms. The van der Waals surface area contributed by atoms with E-state index in [9.17, 15) is 9.90 Å². The number of likely N-dealkylation sites (tertiary alicyclic amines) is 1. The van der Waals surface area contributed by atoms with E-state index in [4.69, 9.17) is 9.47 Å². The van der Waals surface area contributed by atoms with Gasteiger partial charge >= 0.3 is 0 Å². The van der Waals surface area contributed by atoms with Gasteiger partial charge in [0.15, 0.2) is 11.5 Å². The summed E-state index contributed by atoms with van der Waals surface area (Å²) < 4.78 is 11.3. The van der Waals surface area contributed by atoms with Gasteiger partial charge in [0.2, 0.25) is 5.91 Å². The molecule has 1 aromatic carbocycles. The molecule has 0 aromatic heterocycles. The summed E-state index contributed by atoms with van der Waals surface area (Å²) >= 11 is 0. The Kier molecular flexibility index (Phi) is 9.27. The van der Waals surface area contributed by atoms with Gasteiger partial charge in [-0.25, -0.2) is 0 Å². The average molecular weight is 419 g/mol. The number of amides is 1. The number of aliphatic hydroxyl groups excluding tert-OH is 1. The Bertz CT molecular complexity index is 661. The Hall–Kier alpha value is -1.79. The normalized spacial score (nSPS) is 18.6. The summed E-state index contributed by atoms with van der Waals surface area (Å²) in [5.74, 6) is 1.41. The molecule has 0 spiro atoms. The van der Waals surface area contributed by atoms with Crippen LogP contribution in [-0.4, -0.2) is 54.8 Å². The Labute approximate surface area is 180 Å². The molecule has 2 unspecified atom stereocenters. The van der Waals surface area contributed by atoms with Gasteiger partial charge in [-0.2, -0.15) is 0 Å². The fraction of sp³-hybridized carbons (Fsp3) is 0.708. The maximum atomic E-state index is 12.6. The van der Waals surface area contributed by atoms with Gasteiger partial charge in [0.05, 0.1) is 6.04 Å². The van der Waals surface area contributed by atoms with E-state index in [2.05, 4.69) is 17.1 Å². The van der Waals surface area contributed by atoms with Crippen LogP contribution >= 0.6 is 0 Å². The first-order valence-corrected chi connectivity index (χ1v) is 11.8. The molecule has 0 saturated carbocycles. The molecule has 0 bridgehead atoms. The lowest BCUT2D eigenvalue weighted by molar-refractivity contribution is -0.123. The lowest BCUT2D eigenvalue weighted by atomic mass is 9.99. The molecule has 6 nitrogen and oxygen atoms in total. The first-order chi connectivity index (χ1) is 14.7. The zero-order valence-electron chi connectivity index (χ0n) is 18.4. The number of nitrogens with one attached hydrogen (secondary N) is 1. The van der Waals surface area contributed by atoms with Crippen LogP contribution in [0.15, 0.2) is 18.2 Å². The van der Waals surface area contributed by atoms with E-state index in [1.54, 1.807) is 0 Å². The molecular weight excluding hydrogens is 380 g/mol. The van der Waals surface area contributed by atoms with Crippen molar-refractivity contribution in [2.75, 3.05) is 32.8 Å². The fourth-order valence-electron chi connectivity index (χ4n) is 4.29. The van der Waals surface area contributed by atoms with Crippen LogP contribution in [0.4, 0.5) is 0 Å². The summed E-state index contributed by atoms with van der Waals surface area (Å²) in [6.45, 7) is 5.96. The van der Waals surface area contributed by atoms with Gasteiger partial charge in [0.1, 0.15) is 19.3 Å². The van der Waals surface area contributed by atoms with Crippen LogP contribution in [0.1, 0.15) is 76.4 Å². The second-order valence-electron chi connectivity index (χ2n) is 8.55. The number of carbonyl (C=O) groups excluding carboxylic acids is 1. The number of rotatable bonds is 11. The van der Waals surface area contributed by atoms with E-state index < -0.39 is 6.10 Å². The molecule has 2 heterocycles. The van der Waals surface area contributed by atoms with Crippen molar-refractivity contribution in [2.24, 2.45) is 0 Å². The largest absolute Gasteiger partial charge is 0.486 e. The van der Waals surface area contributed by atoms with Crippen LogP contribution in [0.2, 0.25) is 0 Å². The number of hydrogen-bond acceptors (Lipinski definition) is 5. The second kappa shape index (κ2) is 12.2.